The second-order valence-corrected chi connectivity index (χ2v) is 3.14. The van der Waals surface area contributed by atoms with Crippen LogP contribution >= 0.6 is 0 Å². The summed E-state index contributed by atoms with van der Waals surface area (Å²) < 4.78 is 41.4. The van der Waals surface area contributed by atoms with Crippen molar-refractivity contribution in [2.75, 3.05) is 25.6 Å². The van der Waals surface area contributed by atoms with E-state index >= 15 is 0 Å². The van der Waals surface area contributed by atoms with Crippen LogP contribution in [0.4, 0.5) is 18.9 Å². The summed E-state index contributed by atoms with van der Waals surface area (Å²) in [6, 6.07) is 6.60. The molecule has 0 atom stereocenters. The molecule has 0 amide bonds. The number of rotatable bonds is 3. The highest BCUT2D eigenvalue weighted by molar-refractivity contribution is 5.57. The molecule has 0 saturated carbocycles. The number of alkyl halides is 3. The Bertz CT molecular complexity index is 325. The van der Waals surface area contributed by atoms with Gasteiger partial charge in [-0.05, 0) is 12.1 Å². The zero-order chi connectivity index (χ0) is 11.5. The summed E-state index contributed by atoms with van der Waals surface area (Å²) in [5.74, 6) is 0.434. The van der Waals surface area contributed by atoms with Crippen LogP contribution < -0.4 is 9.64 Å². The van der Waals surface area contributed by atoms with Crippen LogP contribution in [0.3, 0.4) is 0 Å². The monoisotopic (exact) mass is 219 g/mol. The third-order valence-corrected chi connectivity index (χ3v) is 1.91. The molecule has 84 valence electrons. The van der Waals surface area contributed by atoms with Crippen LogP contribution in [-0.2, 0) is 0 Å². The highest BCUT2D eigenvalue weighted by Crippen LogP contribution is 2.28. The molecule has 5 heteroatoms. The molecule has 15 heavy (non-hydrogen) atoms. The Morgan fingerprint density at radius 1 is 1.27 bits per heavy atom. The zero-order valence-electron chi connectivity index (χ0n) is 8.51. The molecular formula is C10H12F3NO. The van der Waals surface area contributed by atoms with Crippen LogP contribution in [-0.4, -0.2) is 26.9 Å². The number of anilines is 1. The van der Waals surface area contributed by atoms with Crippen LogP contribution in [0.25, 0.3) is 0 Å². The van der Waals surface area contributed by atoms with Crippen molar-refractivity contribution in [3.63, 3.8) is 0 Å². The topological polar surface area (TPSA) is 12.5 Å². The van der Waals surface area contributed by atoms with Gasteiger partial charge in [-0.1, -0.05) is 12.1 Å². The van der Waals surface area contributed by atoms with Gasteiger partial charge in [0.05, 0.1) is 12.8 Å². The van der Waals surface area contributed by atoms with E-state index in [4.69, 9.17) is 4.74 Å². The lowest BCUT2D eigenvalue weighted by atomic mass is 10.2. The molecule has 1 aromatic rings. The van der Waals surface area contributed by atoms with Crippen LogP contribution in [0.5, 0.6) is 5.75 Å². The van der Waals surface area contributed by atoms with Crippen LogP contribution in [0.1, 0.15) is 0 Å². The molecule has 0 N–H and O–H groups in total. The first-order chi connectivity index (χ1) is 6.94. The number of ether oxygens (including phenoxy) is 1. The summed E-state index contributed by atoms with van der Waals surface area (Å²) in [6.45, 7) is -0.993. The van der Waals surface area contributed by atoms with Crippen molar-refractivity contribution in [2.24, 2.45) is 0 Å². The SMILES string of the molecule is COc1ccccc1N(C)CC(F)(F)F. The number of hydrogen-bond acceptors (Lipinski definition) is 2. The van der Waals surface area contributed by atoms with E-state index in [0.717, 1.165) is 4.90 Å². The quantitative estimate of drug-likeness (QED) is 0.775. The fourth-order valence-electron chi connectivity index (χ4n) is 1.30. The van der Waals surface area contributed by atoms with Crippen LogP contribution in [0, 0.1) is 0 Å². The highest BCUT2D eigenvalue weighted by atomic mass is 19.4. The lowest BCUT2D eigenvalue weighted by Crippen LogP contribution is -2.31. The van der Waals surface area contributed by atoms with E-state index in [0.29, 0.717) is 11.4 Å². The summed E-state index contributed by atoms with van der Waals surface area (Å²) >= 11 is 0. The van der Waals surface area contributed by atoms with E-state index < -0.39 is 12.7 Å². The van der Waals surface area contributed by atoms with Crippen LogP contribution in [0.15, 0.2) is 24.3 Å². The molecule has 0 radical (unpaired) electrons. The maximum atomic E-state index is 12.1. The zero-order valence-corrected chi connectivity index (χ0v) is 8.51. The van der Waals surface area contributed by atoms with Gasteiger partial charge in [-0.2, -0.15) is 13.2 Å². The van der Waals surface area contributed by atoms with Crippen molar-refractivity contribution in [1.29, 1.82) is 0 Å². The molecule has 0 aliphatic heterocycles. The van der Waals surface area contributed by atoms with Crippen molar-refractivity contribution in [2.45, 2.75) is 6.18 Å². The first-order valence-electron chi connectivity index (χ1n) is 4.35. The third kappa shape index (κ3) is 3.34. The van der Waals surface area contributed by atoms with Gasteiger partial charge in [0.2, 0.25) is 0 Å². The average Bonchev–Trinajstić information content (AvgIpc) is 2.15. The molecule has 1 rings (SSSR count). The molecule has 0 spiro atoms. The standard InChI is InChI=1S/C10H12F3NO/c1-14(7-10(11,12)13)8-5-3-4-6-9(8)15-2/h3-6H,7H2,1-2H3. The van der Waals surface area contributed by atoms with Crippen molar-refractivity contribution < 1.29 is 17.9 Å². The smallest absolute Gasteiger partial charge is 0.405 e. The lowest BCUT2D eigenvalue weighted by molar-refractivity contribution is -0.119. The second kappa shape index (κ2) is 4.42. The molecule has 0 aromatic heterocycles. The van der Waals surface area contributed by atoms with E-state index in [2.05, 4.69) is 0 Å². The molecule has 0 aliphatic carbocycles. The number of methoxy groups -OCH3 is 1. The molecular weight excluding hydrogens is 207 g/mol. The maximum absolute atomic E-state index is 12.1. The Morgan fingerprint density at radius 3 is 2.40 bits per heavy atom. The van der Waals surface area contributed by atoms with Crippen LogP contribution in [0.2, 0.25) is 0 Å². The number of para-hydroxylation sites is 2. The molecule has 0 unspecified atom stereocenters. The number of hydrogen-bond donors (Lipinski definition) is 0. The van der Waals surface area contributed by atoms with Gasteiger partial charge in [0.25, 0.3) is 0 Å². The Labute approximate surface area is 86.3 Å². The van der Waals surface area contributed by atoms with Gasteiger partial charge in [0.15, 0.2) is 0 Å². The van der Waals surface area contributed by atoms with Gasteiger partial charge >= 0.3 is 6.18 Å². The normalized spacial score (nSPS) is 11.3. The van der Waals surface area contributed by atoms with Gasteiger partial charge in [-0.15, -0.1) is 0 Å². The molecule has 2 nitrogen and oxygen atoms in total. The van der Waals surface area contributed by atoms with E-state index in [1.54, 1.807) is 24.3 Å². The summed E-state index contributed by atoms with van der Waals surface area (Å²) in [6.07, 6.45) is -4.21. The van der Waals surface area contributed by atoms with Gasteiger partial charge in [-0.25, -0.2) is 0 Å². The predicted octanol–water partition coefficient (Wildman–Crippen LogP) is 2.69. The van der Waals surface area contributed by atoms with Gasteiger partial charge in [0.1, 0.15) is 12.3 Å². The summed E-state index contributed by atoms with van der Waals surface area (Å²) in [4.78, 5) is 1.11. The second-order valence-electron chi connectivity index (χ2n) is 3.14. The van der Waals surface area contributed by atoms with E-state index in [1.165, 1.54) is 14.2 Å². The Hall–Kier alpha value is -1.39. The Kier molecular flexibility index (Phi) is 3.44. The van der Waals surface area contributed by atoms with Crippen molar-refractivity contribution in [3.8, 4) is 5.75 Å². The molecule has 0 aliphatic rings. The molecule has 0 saturated heterocycles. The molecule has 1 aromatic carbocycles. The number of benzene rings is 1. The first-order valence-corrected chi connectivity index (χ1v) is 4.35. The number of halogens is 3. The molecule has 0 bridgehead atoms. The minimum absolute atomic E-state index is 0.428. The minimum atomic E-state index is -4.21. The van der Waals surface area contributed by atoms with Crippen molar-refractivity contribution in [1.82, 2.24) is 0 Å². The number of nitrogens with zero attached hydrogens (tertiary/aromatic N) is 1. The fraction of sp³-hybridized carbons (Fsp3) is 0.400. The first kappa shape index (κ1) is 11.7. The van der Waals surface area contributed by atoms with Crippen molar-refractivity contribution in [3.05, 3.63) is 24.3 Å². The summed E-state index contributed by atoms with van der Waals surface area (Å²) in [5.41, 5.74) is 0.428. The average molecular weight is 219 g/mol. The van der Waals surface area contributed by atoms with Gasteiger partial charge in [-0.3, -0.25) is 0 Å². The van der Waals surface area contributed by atoms with E-state index in [-0.39, 0.29) is 0 Å². The molecule has 0 heterocycles. The minimum Gasteiger partial charge on any atom is -0.495 e. The Morgan fingerprint density at radius 2 is 1.87 bits per heavy atom. The van der Waals surface area contributed by atoms with E-state index in [1.807, 2.05) is 0 Å². The largest absolute Gasteiger partial charge is 0.495 e. The summed E-state index contributed by atoms with van der Waals surface area (Å²) in [7, 11) is 2.81. The summed E-state index contributed by atoms with van der Waals surface area (Å²) in [5, 5.41) is 0. The van der Waals surface area contributed by atoms with E-state index in [9.17, 15) is 13.2 Å². The third-order valence-electron chi connectivity index (χ3n) is 1.91. The predicted molar refractivity (Wildman–Crippen MR) is 52.3 cm³/mol. The highest BCUT2D eigenvalue weighted by Gasteiger charge is 2.30. The van der Waals surface area contributed by atoms with Crippen molar-refractivity contribution >= 4 is 5.69 Å². The van der Waals surface area contributed by atoms with Gasteiger partial charge in [0, 0.05) is 7.05 Å². The van der Waals surface area contributed by atoms with Gasteiger partial charge < -0.3 is 9.64 Å². The lowest BCUT2D eigenvalue weighted by Gasteiger charge is -2.22. The Balaban J connectivity index is 2.86. The maximum Gasteiger partial charge on any atom is 0.405 e. The molecule has 0 fully saturated rings. The fourth-order valence-corrected chi connectivity index (χ4v) is 1.30.